The van der Waals surface area contributed by atoms with Crippen molar-refractivity contribution in [3.05, 3.63) is 18.2 Å². The molecule has 1 atom stereocenters. The minimum atomic E-state index is -1.06. The summed E-state index contributed by atoms with van der Waals surface area (Å²) in [6.45, 7) is 0. The first-order valence-corrected chi connectivity index (χ1v) is 5.42. The van der Waals surface area contributed by atoms with Crippen LogP contribution in [-0.4, -0.2) is 39.2 Å². The van der Waals surface area contributed by atoms with E-state index in [9.17, 15) is 9.59 Å². The fraction of sp³-hybridized carbons (Fsp3) is 0.500. The van der Waals surface area contributed by atoms with Gasteiger partial charge in [-0.3, -0.25) is 0 Å². The predicted octanol–water partition coefficient (Wildman–Crippen LogP) is -0.133. The third kappa shape index (κ3) is 3.47. The van der Waals surface area contributed by atoms with Gasteiger partial charge in [0.05, 0.1) is 6.33 Å². The normalized spacial score (nSPS) is 16.2. The summed E-state index contributed by atoms with van der Waals surface area (Å²) in [6.07, 6.45) is 5.12. The number of nitrogens with zero attached hydrogens (tertiary/aromatic N) is 1. The number of hydrogen-bond donors (Lipinski definition) is 4. The first-order chi connectivity index (χ1) is 8.15. The standard InChI is InChI=1S/C10H14N4O3/c15-9(16)8(3-7-4-11-5-12-7)14-10(17)13-6-1-2-6/h4-6,8H,1-3H2,(H,11,12)(H,15,16)(H2,13,14,17)/t8-/m0/s1. The highest BCUT2D eigenvalue weighted by Gasteiger charge is 2.26. The number of rotatable bonds is 5. The molecule has 1 heterocycles. The van der Waals surface area contributed by atoms with Crippen LogP contribution in [0.5, 0.6) is 0 Å². The summed E-state index contributed by atoms with van der Waals surface area (Å²) in [7, 11) is 0. The van der Waals surface area contributed by atoms with Crippen molar-refractivity contribution in [2.45, 2.75) is 31.3 Å². The molecule has 0 aliphatic heterocycles. The van der Waals surface area contributed by atoms with Crippen molar-refractivity contribution in [1.82, 2.24) is 20.6 Å². The van der Waals surface area contributed by atoms with E-state index in [4.69, 9.17) is 5.11 Å². The van der Waals surface area contributed by atoms with Crippen molar-refractivity contribution in [3.63, 3.8) is 0 Å². The van der Waals surface area contributed by atoms with E-state index in [0.29, 0.717) is 5.69 Å². The van der Waals surface area contributed by atoms with Crippen molar-refractivity contribution in [2.24, 2.45) is 0 Å². The first-order valence-electron chi connectivity index (χ1n) is 5.42. The Morgan fingerprint density at radius 2 is 2.35 bits per heavy atom. The molecule has 0 aromatic carbocycles. The van der Waals surface area contributed by atoms with Crippen LogP contribution in [0.25, 0.3) is 0 Å². The number of aromatic amines is 1. The van der Waals surface area contributed by atoms with Crippen molar-refractivity contribution in [1.29, 1.82) is 0 Å². The third-order valence-electron chi connectivity index (χ3n) is 2.49. The molecule has 1 aliphatic rings. The maximum absolute atomic E-state index is 11.4. The average molecular weight is 238 g/mol. The van der Waals surface area contributed by atoms with Gasteiger partial charge >= 0.3 is 12.0 Å². The number of carboxylic acids is 1. The van der Waals surface area contributed by atoms with Crippen LogP contribution in [0.1, 0.15) is 18.5 Å². The molecule has 1 saturated carbocycles. The van der Waals surface area contributed by atoms with E-state index in [1.807, 2.05) is 0 Å². The van der Waals surface area contributed by atoms with Crippen molar-refractivity contribution >= 4 is 12.0 Å². The zero-order chi connectivity index (χ0) is 12.3. The minimum Gasteiger partial charge on any atom is -0.480 e. The molecule has 0 saturated heterocycles. The highest BCUT2D eigenvalue weighted by molar-refractivity contribution is 5.82. The maximum Gasteiger partial charge on any atom is 0.326 e. The summed E-state index contributed by atoms with van der Waals surface area (Å²) in [5.41, 5.74) is 0.670. The van der Waals surface area contributed by atoms with Crippen LogP contribution in [0, 0.1) is 0 Å². The second-order valence-electron chi connectivity index (χ2n) is 4.06. The Labute approximate surface area is 97.6 Å². The fourth-order valence-electron chi connectivity index (χ4n) is 1.43. The molecule has 1 aliphatic carbocycles. The zero-order valence-electron chi connectivity index (χ0n) is 9.14. The van der Waals surface area contributed by atoms with Gasteiger partial charge in [-0.2, -0.15) is 0 Å². The molecular formula is C10H14N4O3. The summed E-state index contributed by atoms with van der Waals surface area (Å²) in [5, 5.41) is 14.1. The smallest absolute Gasteiger partial charge is 0.326 e. The van der Waals surface area contributed by atoms with E-state index in [1.165, 1.54) is 12.5 Å². The molecule has 2 amide bonds. The summed E-state index contributed by atoms with van der Waals surface area (Å²) in [4.78, 5) is 29.0. The lowest BCUT2D eigenvalue weighted by molar-refractivity contribution is -0.139. The van der Waals surface area contributed by atoms with E-state index < -0.39 is 18.0 Å². The van der Waals surface area contributed by atoms with Crippen LogP contribution in [0.3, 0.4) is 0 Å². The van der Waals surface area contributed by atoms with Crippen LogP contribution in [0.15, 0.2) is 12.5 Å². The number of hydrogen-bond acceptors (Lipinski definition) is 3. The van der Waals surface area contributed by atoms with E-state index in [1.54, 1.807) is 0 Å². The Hall–Kier alpha value is -2.05. The zero-order valence-corrected chi connectivity index (χ0v) is 9.14. The van der Waals surface area contributed by atoms with E-state index >= 15 is 0 Å². The number of nitrogens with one attached hydrogen (secondary N) is 3. The number of carboxylic acid groups (broad SMARTS) is 1. The molecule has 7 nitrogen and oxygen atoms in total. The van der Waals surface area contributed by atoms with E-state index in [0.717, 1.165) is 12.8 Å². The predicted molar refractivity (Wildman–Crippen MR) is 58.4 cm³/mol. The Morgan fingerprint density at radius 3 is 2.88 bits per heavy atom. The van der Waals surface area contributed by atoms with E-state index in [-0.39, 0.29) is 12.5 Å². The molecule has 0 unspecified atom stereocenters. The Bertz CT molecular complexity index is 400. The molecule has 1 aromatic heterocycles. The molecule has 1 aromatic rings. The molecule has 0 bridgehead atoms. The first kappa shape index (κ1) is 11.4. The number of amides is 2. The molecule has 7 heteroatoms. The molecule has 92 valence electrons. The minimum absolute atomic E-state index is 0.188. The van der Waals surface area contributed by atoms with Gasteiger partial charge in [-0.25, -0.2) is 14.6 Å². The van der Waals surface area contributed by atoms with Crippen molar-refractivity contribution in [2.75, 3.05) is 0 Å². The average Bonchev–Trinajstić information content (AvgIpc) is 2.92. The van der Waals surface area contributed by atoms with Crippen LogP contribution in [0.2, 0.25) is 0 Å². The molecule has 0 radical (unpaired) electrons. The lowest BCUT2D eigenvalue weighted by Gasteiger charge is -2.14. The van der Waals surface area contributed by atoms with Crippen LogP contribution >= 0.6 is 0 Å². The maximum atomic E-state index is 11.4. The second kappa shape index (κ2) is 4.86. The lowest BCUT2D eigenvalue weighted by atomic mass is 10.2. The monoisotopic (exact) mass is 238 g/mol. The third-order valence-corrected chi connectivity index (χ3v) is 2.49. The summed E-state index contributed by atoms with van der Waals surface area (Å²) >= 11 is 0. The van der Waals surface area contributed by atoms with Crippen molar-refractivity contribution < 1.29 is 14.7 Å². The quantitative estimate of drug-likeness (QED) is 0.573. The highest BCUT2D eigenvalue weighted by Crippen LogP contribution is 2.18. The molecular weight excluding hydrogens is 224 g/mol. The van der Waals surface area contributed by atoms with Crippen LogP contribution in [-0.2, 0) is 11.2 Å². The molecule has 4 N–H and O–H groups in total. The van der Waals surface area contributed by atoms with Crippen LogP contribution in [0.4, 0.5) is 4.79 Å². The highest BCUT2D eigenvalue weighted by atomic mass is 16.4. The Balaban J connectivity index is 1.87. The number of H-pyrrole nitrogens is 1. The van der Waals surface area contributed by atoms with Gasteiger partial charge in [0.1, 0.15) is 6.04 Å². The fourth-order valence-corrected chi connectivity index (χ4v) is 1.43. The number of urea groups is 1. The lowest BCUT2D eigenvalue weighted by Crippen LogP contribution is -2.47. The van der Waals surface area contributed by atoms with Gasteiger partial charge < -0.3 is 20.7 Å². The molecule has 2 rings (SSSR count). The largest absolute Gasteiger partial charge is 0.480 e. The van der Waals surface area contributed by atoms with Gasteiger partial charge in [0, 0.05) is 24.4 Å². The number of aromatic nitrogens is 2. The van der Waals surface area contributed by atoms with Gasteiger partial charge in [-0.15, -0.1) is 0 Å². The van der Waals surface area contributed by atoms with Gasteiger partial charge in [-0.05, 0) is 12.8 Å². The van der Waals surface area contributed by atoms with Gasteiger partial charge in [0.15, 0.2) is 0 Å². The Kier molecular flexibility index (Phi) is 3.27. The molecule has 1 fully saturated rings. The number of carbonyl (C=O) groups is 2. The summed E-state index contributed by atoms with van der Waals surface area (Å²) in [6, 6.07) is -1.18. The number of carbonyl (C=O) groups excluding carboxylic acids is 1. The van der Waals surface area contributed by atoms with Crippen LogP contribution < -0.4 is 10.6 Å². The van der Waals surface area contributed by atoms with Gasteiger partial charge in [0.2, 0.25) is 0 Å². The topological polar surface area (TPSA) is 107 Å². The van der Waals surface area contributed by atoms with E-state index in [2.05, 4.69) is 20.6 Å². The number of aliphatic carboxylic acids is 1. The molecule has 17 heavy (non-hydrogen) atoms. The summed E-state index contributed by atoms with van der Waals surface area (Å²) in [5.74, 6) is -1.06. The van der Waals surface area contributed by atoms with Gasteiger partial charge in [-0.1, -0.05) is 0 Å². The SMILES string of the molecule is O=C(NC1CC1)N[C@@H](Cc1cnc[nH]1)C(=O)O. The molecule has 0 spiro atoms. The van der Waals surface area contributed by atoms with Gasteiger partial charge in [0.25, 0.3) is 0 Å². The summed E-state index contributed by atoms with van der Waals surface area (Å²) < 4.78 is 0. The Morgan fingerprint density at radius 1 is 1.59 bits per heavy atom. The van der Waals surface area contributed by atoms with Crippen molar-refractivity contribution in [3.8, 4) is 0 Å². The second-order valence-corrected chi connectivity index (χ2v) is 4.06. The number of imidazole rings is 1.